The van der Waals surface area contributed by atoms with Crippen molar-refractivity contribution < 1.29 is 19.5 Å². The summed E-state index contributed by atoms with van der Waals surface area (Å²) < 4.78 is 0. The van der Waals surface area contributed by atoms with E-state index in [0.29, 0.717) is 18.5 Å². The zero-order valence-electron chi connectivity index (χ0n) is 9.34. The van der Waals surface area contributed by atoms with E-state index in [1.807, 2.05) is 0 Å². The molecule has 18 heavy (non-hydrogen) atoms. The second-order valence-corrected chi connectivity index (χ2v) is 3.34. The second-order valence-electron chi connectivity index (χ2n) is 3.34. The number of amides is 2. The molecule has 0 spiro atoms. The number of imide groups is 1. The molecule has 1 fully saturated rings. The summed E-state index contributed by atoms with van der Waals surface area (Å²) in [6.45, 7) is 0. The van der Waals surface area contributed by atoms with Gasteiger partial charge in [0.2, 0.25) is 11.8 Å². The highest BCUT2D eigenvalue weighted by Gasteiger charge is 2.15. The molecule has 0 bridgehead atoms. The van der Waals surface area contributed by atoms with E-state index in [9.17, 15) is 14.4 Å². The van der Waals surface area contributed by atoms with Crippen LogP contribution in [0.3, 0.4) is 0 Å². The maximum absolute atomic E-state index is 10.4. The van der Waals surface area contributed by atoms with E-state index in [1.54, 1.807) is 0 Å². The molecule has 0 saturated carbocycles. The number of nitrogens with one attached hydrogen (secondary N) is 2. The van der Waals surface area contributed by atoms with Crippen LogP contribution >= 0.6 is 0 Å². The maximum atomic E-state index is 10.4. The van der Waals surface area contributed by atoms with Gasteiger partial charge in [0.1, 0.15) is 5.56 Å². The van der Waals surface area contributed by atoms with Crippen LogP contribution in [0.25, 0.3) is 0 Å². The Morgan fingerprint density at radius 1 is 1.39 bits per heavy atom. The van der Waals surface area contributed by atoms with Gasteiger partial charge in [0, 0.05) is 25.2 Å². The van der Waals surface area contributed by atoms with Crippen LogP contribution in [-0.4, -0.2) is 27.9 Å². The summed E-state index contributed by atoms with van der Waals surface area (Å²) in [7, 11) is 0. The standard InChI is InChI=1S/C6H7N3O2.C4H5NO2/c7-9-5-1-2-8-3-4(5)6(10)11;6-3-1-2-4(7)5-3/h1-3H,7H2,(H,8,9)(H,10,11);1-2H2,(H,5,6,7). The molecule has 1 saturated heterocycles. The Bertz CT molecular complexity index is 461. The molecule has 2 rings (SSSR count). The molecule has 0 aliphatic carbocycles. The van der Waals surface area contributed by atoms with Crippen LogP contribution in [0.2, 0.25) is 0 Å². The topological polar surface area (TPSA) is 134 Å². The van der Waals surface area contributed by atoms with Crippen LogP contribution in [0.5, 0.6) is 0 Å². The lowest BCUT2D eigenvalue weighted by Crippen LogP contribution is -2.18. The molecule has 0 aromatic carbocycles. The van der Waals surface area contributed by atoms with Gasteiger partial charge < -0.3 is 10.5 Å². The molecule has 8 nitrogen and oxygen atoms in total. The number of carbonyl (C=O) groups is 3. The second kappa shape index (κ2) is 6.30. The van der Waals surface area contributed by atoms with Gasteiger partial charge in [-0.05, 0) is 6.07 Å². The quantitative estimate of drug-likeness (QED) is 0.316. The molecule has 0 unspecified atom stereocenters. The summed E-state index contributed by atoms with van der Waals surface area (Å²) >= 11 is 0. The predicted molar refractivity (Wildman–Crippen MR) is 61.4 cm³/mol. The Hall–Kier alpha value is -2.48. The van der Waals surface area contributed by atoms with Crippen molar-refractivity contribution in [1.82, 2.24) is 10.3 Å². The van der Waals surface area contributed by atoms with Crippen molar-refractivity contribution in [2.75, 3.05) is 5.43 Å². The van der Waals surface area contributed by atoms with Crippen molar-refractivity contribution in [2.45, 2.75) is 12.8 Å². The van der Waals surface area contributed by atoms with E-state index >= 15 is 0 Å². The molecular formula is C10H12N4O4. The zero-order chi connectivity index (χ0) is 13.5. The number of carboxylic acids is 1. The van der Waals surface area contributed by atoms with Crippen molar-refractivity contribution in [2.24, 2.45) is 5.84 Å². The molecule has 2 heterocycles. The summed E-state index contributed by atoms with van der Waals surface area (Å²) in [6, 6.07) is 1.49. The number of pyridine rings is 1. The van der Waals surface area contributed by atoms with Crippen molar-refractivity contribution in [1.29, 1.82) is 0 Å². The Kier molecular flexibility index (Phi) is 4.76. The molecule has 2 amide bonds. The van der Waals surface area contributed by atoms with Crippen LogP contribution in [-0.2, 0) is 9.59 Å². The van der Waals surface area contributed by atoms with Crippen LogP contribution < -0.4 is 16.6 Å². The molecule has 1 aliphatic heterocycles. The average molecular weight is 252 g/mol. The van der Waals surface area contributed by atoms with Gasteiger partial charge in [-0.3, -0.25) is 25.7 Å². The first-order valence-corrected chi connectivity index (χ1v) is 5.01. The highest BCUT2D eigenvalue weighted by molar-refractivity contribution is 6.01. The van der Waals surface area contributed by atoms with Gasteiger partial charge in [-0.25, -0.2) is 4.79 Å². The fourth-order valence-electron chi connectivity index (χ4n) is 1.20. The van der Waals surface area contributed by atoms with Crippen LogP contribution in [0.15, 0.2) is 18.5 Å². The third-order valence-corrected chi connectivity index (χ3v) is 2.06. The molecule has 0 radical (unpaired) electrons. The van der Waals surface area contributed by atoms with E-state index in [0.717, 1.165) is 0 Å². The summed E-state index contributed by atoms with van der Waals surface area (Å²) in [5.74, 6) is 3.70. The number of aromatic carboxylic acids is 1. The number of aromatic nitrogens is 1. The third kappa shape index (κ3) is 3.83. The van der Waals surface area contributed by atoms with Crippen LogP contribution in [0.1, 0.15) is 23.2 Å². The summed E-state index contributed by atoms with van der Waals surface area (Å²) in [5, 5.41) is 10.7. The van der Waals surface area contributed by atoms with Crippen molar-refractivity contribution >= 4 is 23.5 Å². The molecule has 1 aromatic heterocycles. The lowest BCUT2D eigenvalue weighted by molar-refractivity contribution is -0.124. The number of carbonyl (C=O) groups excluding carboxylic acids is 2. The van der Waals surface area contributed by atoms with Gasteiger partial charge in [0.05, 0.1) is 5.69 Å². The van der Waals surface area contributed by atoms with E-state index in [-0.39, 0.29) is 17.4 Å². The number of nitrogen functional groups attached to an aromatic ring is 1. The first kappa shape index (κ1) is 13.6. The molecule has 8 heteroatoms. The normalized spacial score (nSPS) is 13.4. The van der Waals surface area contributed by atoms with E-state index < -0.39 is 5.97 Å². The van der Waals surface area contributed by atoms with Gasteiger partial charge in [-0.2, -0.15) is 0 Å². The fraction of sp³-hybridized carbons (Fsp3) is 0.200. The zero-order valence-corrected chi connectivity index (χ0v) is 9.34. The van der Waals surface area contributed by atoms with Gasteiger partial charge in [-0.1, -0.05) is 0 Å². The number of nitrogens with zero attached hydrogens (tertiary/aromatic N) is 1. The van der Waals surface area contributed by atoms with Gasteiger partial charge in [0.15, 0.2) is 0 Å². The highest BCUT2D eigenvalue weighted by Crippen LogP contribution is 2.10. The largest absolute Gasteiger partial charge is 0.478 e. The average Bonchev–Trinajstić information content (AvgIpc) is 2.73. The molecule has 0 atom stereocenters. The van der Waals surface area contributed by atoms with Crippen molar-refractivity contribution in [3.63, 3.8) is 0 Å². The number of anilines is 1. The van der Waals surface area contributed by atoms with E-state index in [1.165, 1.54) is 18.5 Å². The summed E-state index contributed by atoms with van der Waals surface area (Å²) in [4.78, 5) is 34.3. The Labute approximate surface area is 102 Å². The fourth-order valence-corrected chi connectivity index (χ4v) is 1.20. The lowest BCUT2D eigenvalue weighted by atomic mass is 10.2. The minimum Gasteiger partial charge on any atom is -0.478 e. The minimum atomic E-state index is -1.05. The third-order valence-electron chi connectivity index (χ3n) is 2.06. The number of rotatable bonds is 2. The van der Waals surface area contributed by atoms with Crippen LogP contribution in [0, 0.1) is 0 Å². The molecule has 96 valence electrons. The number of hydrogen-bond donors (Lipinski definition) is 4. The molecule has 1 aliphatic rings. The Balaban J connectivity index is 0.000000199. The van der Waals surface area contributed by atoms with Gasteiger partial charge in [-0.15, -0.1) is 0 Å². The monoisotopic (exact) mass is 252 g/mol. The number of hydrogen-bond acceptors (Lipinski definition) is 6. The number of nitrogens with two attached hydrogens (primary N) is 1. The smallest absolute Gasteiger partial charge is 0.339 e. The first-order chi connectivity index (χ1) is 8.54. The van der Waals surface area contributed by atoms with Crippen molar-refractivity contribution in [3.05, 3.63) is 24.0 Å². The highest BCUT2D eigenvalue weighted by atomic mass is 16.4. The SMILES string of the molecule is NNc1ccncc1C(=O)O.O=C1CCC(=O)N1. The Morgan fingerprint density at radius 2 is 2.00 bits per heavy atom. The van der Waals surface area contributed by atoms with Crippen LogP contribution in [0.4, 0.5) is 5.69 Å². The number of carboxylic acid groups (broad SMARTS) is 1. The minimum absolute atomic E-state index is 0.0648. The molecule has 1 aromatic rings. The summed E-state index contributed by atoms with van der Waals surface area (Å²) in [6.07, 6.45) is 3.44. The lowest BCUT2D eigenvalue weighted by Gasteiger charge is -2.01. The maximum Gasteiger partial charge on any atom is 0.339 e. The van der Waals surface area contributed by atoms with E-state index in [4.69, 9.17) is 10.9 Å². The molecular weight excluding hydrogens is 240 g/mol. The van der Waals surface area contributed by atoms with E-state index in [2.05, 4.69) is 15.7 Å². The first-order valence-electron chi connectivity index (χ1n) is 5.01. The van der Waals surface area contributed by atoms with Crippen molar-refractivity contribution in [3.8, 4) is 0 Å². The summed E-state index contributed by atoms with van der Waals surface area (Å²) in [5.41, 5.74) is 2.68. The van der Waals surface area contributed by atoms with Gasteiger partial charge >= 0.3 is 5.97 Å². The number of hydrazine groups is 1. The Morgan fingerprint density at radius 3 is 2.33 bits per heavy atom. The molecule has 5 N–H and O–H groups in total. The predicted octanol–water partition coefficient (Wildman–Crippen LogP) is -0.512. The van der Waals surface area contributed by atoms with Gasteiger partial charge in [0.25, 0.3) is 0 Å².